The molecule has 1 rings (SSSR count). The maximum Gasteiger partial charge on any atom is -0.0153 e. The fourth-order valence-electron chi connectivity index (χ4n) is 1.76. The zero-order valence-corrected chi connectivity index (χ0v) is 9.67. The topological polar surface area (TPSA) is 0 Å². The molecule has 0 aliphatic carbocycles. The Kier molecular flexibility index (Phi) is 3.94. The summed E-state index contributed by atoms with van der Waals surface area (Å²) in [4.78, 5) is 0. The largest absolute Gasteiger partial charge is 0.0916 e. The molecule has 76 valence electrons. The van der Waals surface area contributed by atoms with Crippen molar-refractivity contribution in [1.82, 2.24) is 0 Å². The zero-order valence-electron chi connectivity index (χ0n) is 9.67. The molecule has 0 heteroatoms. The van der Waals surface area contributed by atoms with Crippen molar-refractivity contribution in [2.24, 2.45) is 0 Å². The minimum atomic E-state index is 0.631. The zero-order chi connectivity index (χ0) is 10.6. The van der Waals surface area contributed by atoms with Gasteiger partial charge in [-0.05, 0) is 44.2 Å². The molecule has 0 aromatic heterocycles. The van der Waals surface area contributed by atoms with Gasteiger partial charge in [0.05, 0.1) is 0 Å². The van der Waals surface area contributed by atoms with Gasteiger partial charge in [0.2, 0.25) is 0 Å². The number of hydrogen-bond donors (Lipinski definition) is 0. The summed E-state index contributed by atoms with van der Waals surface area (Å²) in [6, 6.07) is 6.71. The second-order valence-corrected chi connectivity index (χ2v) is 4.07. The van der Waals surface area contributed by atoms with Crippen molar-refractivity contribution < 1.29 is 0 Å². The van der Waals surface area contributed by atoms with Crippen LogP contribution in [0, 0.1) is 13.8 Å². The summed E-state index contributed by atoms with van der Waals surface area (Å²) in [5.74, 6) is 0.631. The second-order valence-electron chi connectivity index (χ2n) is 4.07. The summed E-state index contributed by atoms with van der Waals surface area (Å²) in [5.41, 5.74) is 4.26. The minimum absolute atomic E-state index is 0.631. The van der Waals surface area contributed by atoms with Gasteiger partial charge >= 0.3 is 0 Å². The van der Waals surface area contributed by atoms with Gasteiger partial charge in [-0.1, -0.05) is 42.8 Å². The number of aryl methyl sites for hydroxylation is 2. The molecule has 0 spiro atoms. The van der Waals surface area contributed by atoms with Gasteiger partial charge in [-0.3, -0.25) is 0 Å². The van der Waals surface area contributed by atoms with Gasteiger partial charge in [-0.15, -0.1) is 0 Å². The van der Waals surface area contributed by atoms with Crippen LogP contribution in [0.5, 0.6) is 0 Å². The molecule has 1 atom stereocenters. The van der Waals surface area contributed by atoms with E-state index in [0.29, 0.717) is 5.92 Å². The third kappa shape index (κ3) is 2.73. The summed E-state index contributed by atoms with van der Waals surface area (Å²) in [7, 11) is 0. The van der Waals surface area contributed by atoms with E-state index in [4.69, 9.17) is 0 Å². The van der Waals surface area contributed by atoms with Gasteiger partial charge in [0.15, 0.2) is 0 Å². The molecule has 0 fully saturated rings. The Hall–Kier alpha value is -1.04. The molecule has 0 amide bonds. The minimum Gasteiger partial charge on any atom is -0.0916 e. The first-order valence-corrected chi connectivity index (χ1v) is 5.33. The molecule has 0 bridgehead atoms. The predicted octanol–water partition coefficient (Wildman–Crippen LogP) is 4.37. The van der Waals surface area contributed by atoms with E-state index >= 15 is 0 Å². The van der Waals surface area contributed by atoms with Crippen molar-refractivity contribution in [2.75, 3.05) is 0 Å². The van der Waals surface area contributed by atoms with Crippen molar-refractivity contribution in [2.45, 2.75) is 40.0 Å². The van der Waals surface area contributed by atoms with Crippen LogP contribution in [0.15, 0.2) is 30.4 Å². The van der Waals surface area contributed by atoms with E-state index in [0.717, 1.165) is 6.42 Å². The average molecular weight is 188 g/mol. The quantitative estimate of drug-likeness (QED) is 0.618. The van der Waals surface area contributed by atoms with Crippen molar-refractivity contribution in [3.8, 4) is 0 Å². The Balaban J connectivity index is 2.87. The Morgan fingerprint density at radius 3 is 2.64 bits per heavy atom. The van der Waals surface area contributed by atoms with Gasteiger partial charge in [0.25, 0.3) is 0 Å². The van der Waals surface area contributed by atoms with E-state index in [1.807, 2.05) is 0 Å². The van der Waals surface area contributed by atoms with Crippen molar-refractivity contribution in [1.29, 1.82) is 0 Å². The molecular formula is C14H20. The van der Waals surface area contributed by atoms with Gasteiger partial charge in [-0.2, -0.15) is 0 Å². The lowest BCUT2D eigenvalue weighted by Gasteiger charge is -2.13. The molecule has 0 N–H and O–H groups in total. The first-order chi connectivity index (χ1) is 6.65. The fraction of sp³-hybridized carbons (Fsp3) is 0.429. The molecule has 0 saturated heterocycles. The first kappa shape index (κ1) is 11.0. The molecule has 0 heterocycles. The third-order valence-corrected chi connectivity index (χ3v) is 2.69. The van der Waals surface area contributed by atoms with Gasteiger partial charge in [0.1, 0.15) is 0 Å². The lowest BCUT2D eigenvalue weighted by molar-refractivity contribution is 0.772. The van der Waals surface area contributed by atoms with Crippen LogP contribution in [0.3, 0.4) is 0 Å². The van der Waals surface area contributed by atoms with Crippen LogP contribution in [-0.4, -0.2) is 0 Å². The molecule has 1 aromatic rings. The molecule has 1 aromatic carbocycles. The molecule has 0 radical (unpaired) electrons. The summed E-state index contributed by atoms with van der Waals surface area (Å²) in [5, 5.41) is 0. The monoisotopic (exact) mass is 188 g/mol. The first-order valence-electron chi connectivity index (χ1n) is 5.33. The van der Waals surface area contributed by atoms with Crippen LogP contribution in [0.4, 0.5) is 0 Å². The van der Waals surface area contributed by atoms with Crippen molar-refractivity contribution in [3.05, 3.63) is 47.0 Å². The number of allylic oxidation sites excluding steroid dienone is 2. The molecule has 0 aliphatic heterocycles. The summed E-state index contributed by atoms with van der Waals surface area (Å²) >= 11 is 0. The number of benzene rings is 1. The Bertz CT molecular complexity index is 321. The van der Waals surface area contributed by atoms with Crippen LogP contribution < -0.4 is 0 Å². The molecule has 14 heavy (non-hydrogen) atoms. The van der Waals surface area contributed by atoms with Gasteiger partial charge in [-0.25, -0.2) is 0 Å². The highest BCUT2D eigenvalue weighted by Crippen LogP contribution is 2.23. The number of hydrogen-bond acceptors (Lipinski definition) is 0. The predicted molar refractivity (Wildman–Crippen MR) is 63.8 cm³/mol. The van der Waals surface area contributed by atoms with Crippen molar-refractivity contribution in [3.63, 3.8) is 0 Å². The Labute approximate surface area is 87.7 Å². The molecule has 0 saturated carbocycles. The SMILES string of the molecule is C/C=C\CC(C)c1cc(C)ccc1C. The maximum atomic E-state index is 2.31. The van der Waals surface area contributed by atoms with E-state index in [9.17, 15) is 0 Å². The van der Waals surface area contributed by atoms with E-state index in [2.05, 4.69) is 58.0 Å². The average Bonchev–Trinajstić information content (AvgIpc) is 2.18. The standard InChI is InChI=1S/C14H20/c1-5-6-7-12(3)14-10-11(2)8-9-13(14)4/h5-6,8-10,12H,7H2,1-4H3/b6-5-. The van der Waals surface area contributed by atoms with E-state index < -0.39 is 0 Å². The fourth-order valence-corrected chi connectivity index (χ4v) is 1.76. The highest BCUT2D eigenvalue weighted by atomic mass is 14.1. The lowest BCUT2D eigenvalue weighted by atomic mass is 9.92. The molecule has 0 aliphatic rings. The maximum absolute atomic E-state index is 2.31. The van der Waals surface area contributed by atoms with Crippen molar-refractivity contribution >= 4 is 0 Å². The second kappa shape index (κ2) is 4.99. The van der Waals surface area contributed by atoms with E-state index in [1.165, 1.54) is 16.7 Å². The van der Waals surface area contributed by atoms with Gasteiger partial charge in [0, 0.05) is 0 Å². The summed E-state index contributed by atoms with van der Waals surface area (Å²) in [6.45, 7) is 8.73. The van der Waals surface area contributed by atoms with Crippen LogP contribution in [-0.2, 0) is 0 Å². The highest BCUT2D eigenvalue weighted by Gasteiger charge is 2.06. The van der Waals surface area contributed by atoms with Gasteiger partial charge < -0.3 is 0 Å². The Morgan fingerprint density at radius 2 is 2.00 bits per heavy atom. The summed E-state index contributed by atoms with van der Waals surface area (Å²) < 4.78 is 0. The molecule has 1 unspecified atom stereocenters. The van der Waals surface area contributed by atoms with E-state index in [-0.39, 0.29) is 0 Å². The smallest absolute Gasteiger partial charge is 0.0153 e. The van der Waals surface area contributed by atoms with E-state index in [1.54, 1.807) is 0 Å². The van der Waals surface area contributed by atoms with Crippen LogP contribution in [0.1, 0.15) is 42.9 Å². The van der Waals surface area contributed by atoms with Crippen LogP contribution in [0.25, 0.3) is 0 Å². The Morgan fingerprint density at radius 1 is 1.29 bits per heavy atom. The van der Waals surface area contributed by atoms with Crippen LogP contribution >= 0.6 is 0 Å². The molecule has 0 nitrogen and oxygen atoms in total. The third-order valence-electron chi connectivity index (χ3n) is 2.69. The molecular weight excluding hydrogens is 168 g/mol. The van der Waals surface area contributed by atoms with Crippen LogP contribution in [0.2, 0.25) is 0 Å². The lowest BCUT2D eigenvalue weighted by Crippen LogP contribution is -1.96. The number of rotatable bonds is 3. The summed E-state index contributed by atoms with van der Waals surface area (Å²) in [6.07, 6.45) is 5.51. The highest BCUT2D eigenvalue weighted by molar-refractivity contribution is 5.33. The normalized spacial score (nSPS) is 13.4.